The second kappa shape index (κ2) is 3.93. The number of halogens is 2. The van der Waals surface area contributed by atoms with Gasteiger partial charge in [0.1, 0.15) is 10.4 Å². The van der Waals surface area contributed by atoms with Gasteiger partial charge < -0.3 is 4.74 Å². The molecule has 4 heteroatoms. The molecule has 0 saturated carbocycles. The molecule has 1 heterocycles. The molecule has 1 aromatic rings. The van der Waals surface area contributed by atoms with E-state index in [-0.39, 0.29) is 0 Å². The molecule has 11 heavy (non-hydrogen) atoms. The fourth-order valence-corrected chi connectivity index (χ4v) is 1.40. The lowest BCUT2D eigenvalue weighted by atomic mass is 10.3. The van der Waals surface area contributed by atoms with Crippen LogP contribution in [0.4, 0.5) is 0 Å². The van der Waals surface area contributed by atoms with Crippen molar-refractivity contribution in [1.82, 2.24) is 4.98 Å². The van der Waals surface area contributed by atoms with Crippen LogP contribution in [0.3, 0.4) is 0 Å². The van der Waals surface area contributed by atoms with E-state index in [0.29, 0.717) is 5.88 Å². The van der Waals surface area contributed by atoms with Gasteiger partial charge in [0.15, 0.2) is 0 Å². The standard InChI is InChI=1S/C7H7BrClNO/c1-11-6-2-5(3-9)7(8)10-4-6/h2,4H,3H2,1H3. The van der Waals surface area contributed by atoms with E-state index in [0.717, 1.165) is 15.9 Å². The van der Waals surface area contributed by atoms with Gasteiger partial charge in [-0.05, 0) is 22.0 Å². The van der Waals surface area contributed by atoms with E-state index in [1.54, 1.807) is 13.3 Å². The molecule has 60 valence electrons. The molecule has 1 aromatic heterocycles. The zero-order chi connectivity index (χ0) is 8.27. The summed E-state index contributed by atoms with van der Waals surface area (Å²) in [5, 5.41) is 0. The number of aromatic nitrogens is 1. The van der Waals surface area contributed by atoms with Crippen molar-refractivity contribution in [3.63, 3.8) is 0 Å². The van der Waals surface area contributed by atoms with Gasteiger partial charge in [0, 0.05) is 5.56 Å². The number of ether oxygens (including phenoxy) is 1. The molecule has 0 N–H and O–H groups in total. The van der Waals surface area contributed by atoms with E-state index >= 15 is 0 Å². The minimum absolute atomic E-state index is 0.435. The molecular weight excluding hydrogens is 229 g/mol. The van der Waals surface area contributed by atoms with Gasteiger partial charge >= 0.3 is 0 Å². The molecule has 0 aromatic carbocycles. The minimum atomic E-state index is 0.435. The largest absolute Gasteiger partial charge is 0.495 e. The highest BCUT2D eigenvalue weighted by molar-refractivity contribution is 9.10. The van der Waals surface area contributed by atoms with E-state index in [1.165, 1.54) is 0 Å². The van der Waals surface area contributed by atoms with Crippen molar-refractivity contribution in [3.05, 3.63) is 22.4 Å². The normalized spacial score (nSPS) is 9.73. The molecule has 0 spiro atoms. The molecule has 0 amide bonds. The second-order valence-corrected chi connectivity index (χ2v) is 2.98. The topological polar surface area (TPSA) is 22.1 Å². The highest BCUT2D eigenvalue weighted by Crippen LogP contribution is 2.20. The van der Waals surface area contributed by atoms with Gasteiger partial charge in [-0.1, -0.05) is 0 Å². The Balaban J connectivity index is 3.02. The Morgan fingerprint density at radius 1 is 1.73 bits per heavy atom. The van der Waals surface area contributed by atoms with Crippen LogP contribution in [0.5, 0.6) is 5.75 Å². The molecule has 0 saturated heterocycles. The Kier molecular flexibility index (Phi) is 3.15. The smallest absolute Gasteiger partial charge is 0.137 e. The predicted molar refractivity (Wildman–Crippen MR) is 48.0 cm³/mol. The van der Waals surface area contributed by atoms with Gasteiger partial charge in [0.25, 0.3) is 0 Å². The van der Waals surface area contributed by atoms with Crippen LogP contribution in [0.1, 0.15) is 5.56 Å². The maximum absolute atomic E-state index is 5.64. The van der Waals surface area contributed by atoms with Crippen LogP contribution < -0.4 is 4.74 Å². The van der Waals surface area contributed by atoms with Crippen molar-refractivity contribution in [1.29, 1.82) is 0 Å². The Labute approximate surface area is 78.7 Å². The van der Waals surface area contributed by atoms with Crippen LogP contribution in [-0.2, 0) is 5.88 Å². The van der Waals surface area contributed by atoms with Crippen LogP contribution in [-0.4, -0.2) is 12.1 Å². The molecule has 1 rings (SSSR count). The number of alkyl halides is 1. The number of hydrogen-bond donors (Lipinski definition) is 0. The van der Waals surface area contributed by atoms with E-state index < -0.39 is 0 Å². The Morgan fingerprint density at radius 2 is 2.45 bits per heavy atom. The fourth-order valence-electron chi connectivity index (χ4n) is 0.677. The van der Waals surface area contributed by atoms with Gasteiger partial charge in [-0.3, -0.25) is 0 Å². The third kappa shape index (κ3) is 2.07. The predicted octanol–water partition coefficient (Wildman–Crippen LogP) is 2.59. The van der Waals surface area contributed by atoms with Crippen molar-refractivity contribution < 1.29 is 4.74 Å². The Hall–Kier alpha value is -0.280. The Morgan fingerprint density at radius 3 is 3.00 bits per heavy atom. The van der Waals surface area contributed by atoms with Crippen molar-refractivity contribution in [3.8, 4) is 5.75 Å². The molecular formula is C7H7BrClNO. The van der Waals surface area contributed by atoms with Crippen molar-refractivity contribution in [2.24, 2.45) is 0 Å². The first kappa shape index (κ1) is 8.81. The summed E-state index contributed by atoms with van der Waals surface area (Å²) in [5.74, 6) is 1.16. The summed E-state index contributed by atoms with van der Waals surface area (Å²) < 4.78 is 5.74. The Bertz CT molecular complexity index is 254. The first-order chi connectivity index (χ1) is 5.27. The quantitative estimate of drug-likeness (QED) is 0.582. The van der Waals surface area contributed by atoms with Crippen LogP contribution in [0.15, 0.2) is 16.9 Å². The van der Waals surface area contributed by atoms with Crippen LogP contribution in [0.25, 0.3) is 0 Å². The summed E-state index contributed by atoms with van der Waals surface area (Å²) in [5.41, 5.74) is 0.936. The third-order valence-corrected chi connectivity index (χ3v) is 2.27. The molecule has 0 aliphatic carbocycles. The minimum Gasteiger partial charge on any atom is -0.495 e. The van der Waals surface area contributed by atoms with E-state index in [1.807, 2.05) is 6.07 Å². The summed E-state index contributed by atoms with van der Waals surface area (Å²) >= 11 is 8.90. The van der Waals surface area contributed by atoms with E-state index in [9.17, 15) is 0 Å². The molecule has 0 radical (unpaired) electrons. The maximum Gasteiger partial charge on any atom is 0.137 e. The number of pyridine rings is 1. The second-order valence-electron chi connectivity index (χ2n) is 1.96. The summed E-state index contributed by atoms with van der Waals surface area (Å²) in [6.45, 7) is 0. The molecule has 0 unspecified atom stereocenters. The fraction of sp³-hybridized carbons (Fsp3) is 0.286. The average Bonchev–Trinajstić information content (AvgIpc) is 2.05. The summed E-state index contributed by atoms with van der Waals surface area (Å²) in [4.78, 5) is 4.03. The molecule has 0 aliphatic rings. The summed E-state index contributed by atoms with van der Waals surface area (Å²) in [6.07, 6.45) is 1.64. The number of hydrogen-bond acceptors (Lipinski definition) is 2. The SMILES string of the molecule is COc1cnc(Br)c(CCl)c1. The first-order valence-corrected chi connectivity index (χ1v) is 4.35. The van der Waals surface area contributed by atoms with E-state index in [4.69, 9.17) is 16.3 Å². The summed E-state index contributed by atoms with van der Waals surface area (Å²) in [6, 6.07) is 1.85. The van der Waals surface area contributed by atoms with Gasteiger partial charge in [-0.15, -0.1) is 11.6 Å². The van der Waals surface area contributed by atoms with Crippen LogP contribution in [0.2, 0.25) is 0 Å². The molecule has 2 nitrogen and oxygen atoms in total. The number of rotatable bonds is 2. The zero-order valence-electron chi connectivity index (χ0n) is 5.97. The lowest BCUT2D eigenvalue weighted by molar-refractivity contribution is 0.412. The number of methoxy groups -OCH3 is 1. The molecule has 0 bridgehead atoms. The lowest BCUT2D eigenvalue weighted by Crippen LogP contribution is -1.89. The van der Waals surface area contributed by atoms with Gasteiger partial charge in [0.2, 0.25) is 0 Å². The monoisotopic (exact) mass is 235 g/mol. The zero-order valence-corrected chi connectivity index (χ0v) is 8.32. The van der Waals surface area contributed by atoms with Gasteiger partial charge in [0.05, 0.1) is 19.2 Å². The lowest BCUT2D eigenvalue weighted by Gasteiger charge is -2.02. The third-order valence-electron chi connectivity index (χ3n) is 1.27. The van der Waals surface area contributed by atoms with Crippen molar-refractivity contribution in [2.45, 2.75) is 5.88 Å². The van der Waals surface area contributed by atoms with E-state index in [2.05, 4.69) is 20.9 Å². The first-order valence-electron chi connectivity index (χ1n) is 3.02. The van der Waals surface area contributed by atoms with Crippen molar-refractivity contribution in [2.75, 3.05) is 7.11 Å². The van der Waals surface area contributed by atoms with Crippen LogP contribution >= 0.6 is 27.5 Å². The maximum atomic E-state index is 5.64. The number of nitrogens with zero attached hydrogens (tertiary/aromatic N) is 1. The van der Waals surface area contributed by atoms with Crippen LogP contribution in [0, 0.1) is 0 Å². The van der Waals surface area contributed by atoms with Gasteiger partial charge in [-0.25, -0.2) is 4.98 Å². The van der Waals surface area contributed by atoms with Gasteiger partial charge in [-0.2, -0.15) is 0 Å². The van der Waals surface area contributed by atoms with Crippen molar-refractivity contribution >= 4 is 27.5 Å². The highest BCUT2D eigenvalue weighted by Gasteiger charge is 2.00. The molecule has 0 aliphatic heterocycles. The molecule has 0 atom stereocenters. The summed E-state index contributed by atoms with van der Waals surface area (Å²) in [7, 11) is 1.60. The molecule has 0 fully saturated rings. The average molecular weight is 236 g/mol. The highest BCUT2D eigenvalue weighted by atomic mass is 79.9.